The zero-order valence-corrected chi connectivity index (χ0v) is 18.3. The first kappa shape index (κ1) is 25.4. The monoisotopic (exact) mass is 385 g/mol. The quantitative estimate of drug-likeness (QED) is 0.502. The summed E-state index contributed by atoms with van der Waals surface area (Å²) >= 11 is 0. The zero-order valence-electron chi connectivity index (χ0n) is 18.3. The molecule has 0 bridgehead atoms. The van der Waals surface area contributed by atoms with E-state index in [1.807, 2.05) is 27.7 Å². The molecule has 0 fully saturated rings. The van der Waals surface area contributed by atoms with Crippen LogP contribution in [0.2, 0.25) is 0 Å². The highest BCUT2D eigenvalue weighted by atomic mass is 16.5. The van der Waals surface area contributed by atoms with E-state index in [-0.39, 0.29) is 36.0 Å². The standard InChI is InChI=1S/C20H39N3O4/c1-13(2)9-11-27-12-10-16(24)23(8)18(15(5)6)20(26)22-17(14(3)4)19(25)21-7/h13-15,17-18H,9-12H2,1-8H3,(H,21,25)(H,22,26). The second-order valence-electron chi connectivity index (χ2n) is 8.08. The van der Waals surface area contributed by atoms with E-state index >= 15 is 0 Å². The molecule has 0 aliphatic rings. The molecule has 7 heteroatoms. The van der Waals surface area contributed by atoms with Gasteiger partial charge >= 0.3 is 0 Å². The molecular formula is C20H39N3O4. The molecule has 2 unspecified atom stereocenters. The Balaban J connectivity index is 4.85. The second-order valence-corrected chi connectivity index (χ2v) is 8.08. The van der Waals surface area contributed by atoms with Crippen molar-refractivity contribution in [3.8, 4) is 0 Å². The van der Waals surface area contributed by atoms with Gasteiger partial charge in [0.2, 0.25) is 17.7 Å². The molecule has 0 aliphatic heterocycles. The SMILES string of the molecule is CNC(=O)C(NC(=O)C(C(C)C)N(C)C(=O)CCOCCC(C)C)C(C)C. The molecule has 0 aromatic heterocycles. The van der Waals surface area contributed by atoms with Crippen molar-refractivity contribution in [2.45, 2.75) is 66.5 Å². The van der Waals surface area contributed by atoms with E-state index in [4.69, 9.17) is 4.74 Å². The predicted molar refractivity (Wildman–Crippen MR) is 107 cm³/mol. The molecule has 0 rings (SSSR count). The summed E-state index contributed by atoms with van der Waals surface area (Å²) in [6.07, 6.45) is 1.19. The van der Waals surface area contributed by atoms with E-state index in [1.54, 1.807) is 14.1 Å². The third kappa shape index (κ3) is 9.22. The highest BCUT2D eigenvalue weighted by Gasteiger charge is 2.33. The average Bonchev–Trinajstić information content (AvgIpc) is 2.57. The molecule has 2 atom stereocenters. The van der Waals surface area contributed by atoms with Crippen LogP contribution in [0.5, 0.6) is 0 Å². The highest BCUT2D eigenvalue weighted by Crippen LogP contribution is 2.13. The first-order valence-corrected chi connectivity index (χ1v) is 9.88. The first-order chi connectivity index (χ1) is 12.5. The maximum Gasteiger partial charge on any atom is 0.243 e. The van der Waals surface area contributed by atoms with Crippen LogP contribution in [0.3, 0.4) is 0 Å². The first-order valence-electron chi connectivity index (χ1n) is 9.88. The molecule has 0 spiro atoms. The Morgan fingerprint density at radius 3 is 1.96 bits per heavy atom. The number of ether oxygens (including phenoxy) is 1. The van der Waals surface area contributed by atoms with Gasteiger partial charge in [-0.25, -0.2) is 0 Å². The van der Waals surface area contributed by atoms with Crippen molar-refractivity contribution in [2.75, 3.05) is 27.3 Å². The van der Waals surface area contributed by atoms with Gasteiger partial charge in [-0.3, -0.25) is 14.4 Å². The summed E-state index contributed by atoms with van der Waals surface area (Å²) in [6.45, 7) is 12.7. The summed E-state index contributed by atoms with van der Waals surface area (Å²) < 4.78 is 5.51. The van der Waals surface area contributed by atoms with Crippen LogP contribution in [0.25, 0.3) is 0 Å². The van der Waals surface area contributed by atoms with Crippen molar-refractivity contribution < 1.29 is 19.1 Å². The van der Waals surface area contributed by atoms with Gasteiger partial charge in [0.1, 0.15) is 12.1 Å². The Labute approximate surface area is 164 Å². The molecule has 0 aromatic carbocycles. The van der Waals surface area contributed by atoms with Crippen molar-refractivity contribution >= 4 is 17.7 Å². The molecule has 158 valence electrons. The number of carbonyl (C=O) groups excluding carboxylic acids is 3. The van der Waals surface area contributed by atoms with Crippen molar-refractivity contribution in [3.63, 3.8) is 0 Å². The van der Waals surface area contributed by atoms with Crippen molar-refractivity contribution in [2.24, 2.45) is 17.8 Å². The summed E-state index contributed by atoms with van der Waals surface area (Å²) in [5, 5.41) is 5.37. The van der Waals surface area contributed by atoms with E-state index in [1.165, 1.54) is 4.90 Å². The van der Waals surface area contributed by atoms with Gasteiger partial charge in [-0.15, -0.1) is 0 Å². The van der Waals surface area contributed by atoms with Crippen LogP contribution in [0.15, 0.2) is 0 Å². The fourth-order valence-electron chi connectivity index (χ4n) is 2.77. The van der Waals surface area contributed by atoms with E-state index < -0.39 is 12.1 Å². The lowest BCUT2D eigenvalue weighted by molar-refractivity contribution is -0.142. The molecular weight excluding hydrogens is 346 g/mol. The van der Waals surface area contributed by atoms with Crippen molar-refractivity contribution in [3.05, 3.63) is 0 Å². The fraction of sp³-hybridized carbons (Fsp3) is 0.850. The normalized spacial score (nSPS) is 13.6. The van der Waals surface area contributed by atoms with Crippen LogP contribution >= 0.6 is 0 Å². The van der Waals surface area contributed by atoms with Gasteiger partial charge in [-0.05, 0) is 24.2 Å². The average molecular weight is 386 g/mol. The minimum Gasteiger partial charge on any atom is -0.381 e. The van der Waals surface area contributed by atoms with E-state index in [2.05, 4.69) is 24.5 Å². The van der Waals surface area contributed by atoms with Crippen LogP contribution in [0, 0.1) is 17.8 Å². The predicted octanol–water partition coefficient (Wildman–Crippen LogP) is 1.81. The molecule has 27 heavy (non-hydrogen) atoms. The lowest BCUT2D eigenvalue weighted by atomic mass is 9.98. The van der Waals surface area contributed by atoms with Gasteiger partial charge in [0.15, 0.2) is 0 Å². The summed E-state index contributed by atoms with van der Waals surface area (Å²) in [5.74, 6) is -0.284. The zero-order chi connectivity index (χ0) is 21.1. The van der Waals surface area contributed by atoms with Crippen molar-refractivity contribution in [1.82, 2.24) is 15.5 Å². The van der Waals surface area contributed by atoms with Crippen LogP contribution in [-0.2, 0) is 19.1 Å². The Morgan fingerprint density at radius 1 is 0.926 bits per heavy atom. The minimum atomic E-state index is -0.640. The Bertz CT molecular complexity index is 478. The number of hydrogen-bond donors (Lipinski definition) is 2. The number of nitrogens with zero attached hydrogens (tertiary/aromatic N) is 1. The molecule has 0 saturated heterocycles. The molecule has 0 radical (unpaired) electrons. The lowest BCUT2D eigenvalue weighted by Gasteiger charge is -2.32. The third-order valence-electron chi connectivity index (χ3n) is 4.50. The number of carbonyl (C=O) groups is 3. The van der Waals surface area contributed by atoms with Crippen LogP contribution in [0.1, 0.15) is 54.4 Å². The summed E-state index contributed by atoms with van der Waals surface area (Å²) in [7, 11) is 3.17. The van der Waals surface area contributed by atoms with Gasteiger partial charge in [0.05, 0.1) is 13.0 Å². The third-order valence-corrected chi connectivity index (χ3v) is 4.50. The molecule has 7 nitrogen and oxygen atoms in total. The molecule has 3 amide bonds. The maximum atomic E-state index is 12.8. The second kappa shape index (κ2) is 12.7. The summed E-state index contributed by atoms with van der Waals surface area (Å²) in [5.41, 5.74) is 0. The van der Waals surface area contributed by atoms with E-state index in [0.29, 0.717) is 19.1 Å². The molecule has 0 aromatic rings. The summed E-state index contributed by atoms with van der Waals surface area (Å²) in [4.78, 5) is 38.8. The molecule has 0 aliphatic carbocycles. The van der Waals surface area contributed by atoms with Crippen molar-refractivity contribution in [1.29, 1.82) is 0 Å². The fourth-order valence-corrected chi connectivity index (χ4v) is 2.77. The largest absolute Gasteiger partial charge is 0.381 e. The molecule has 2 N–H and O–H groups in total. The van der Waals surface area contributed by atoms with Crippen LogP contribution in [0.4, 0.5) is 0 Å². The maximum absolute atomic E-state index is 12.8. The Morgan fingerprint density at radius 2 is 1.52 bits per heavy atom. The minimum absolute atomic E-state index is 0.0583. The number of likely N-dealkylation sites (N-methyl/N-ethyl adjacent to an activating group) is 2. The molecule has 0 heterocycles. The highest BCUT2D eigenvalue weighted by molar-refractivity contribution is 5.92. The van der Waals surface area contributed by atoms with Gasteiger partial charge in [-0.1, -0.05) is 41.5 Å². The number of hydrogen-bond acceptors (Lipinski definition) is 4. The summed E-state index contributed by atoms with van der Waals surface area (Å²) in [6, 6.07) is -1.27. The van der Waals surface area contributed by atoms with Gasteiger partial charge < -0.3 is 20.3 Å². The Hall–Kier alpha value is -1.63. The van der Waals surface area contributed by atoms with Gasteiger partial charge in [-0.2, -0.15) is 0 Å². The van der Waals surface area contributed by atoms with E-state index in [0.717, 1.165) is 6.42 Å². The van der Waals surface area contributed by atoms with Gasteiger partial charge in [0, 0.05) is 20.7 Å². The van der Waals surface area contributed by atoms with Crippen LogP contribution < -0.4 is 10.6 Å². The lowest BCUT2D eigenvalue weighted by Crippen LogP contribution is -2.56. The number of amides is 3. The number of nitrogens with one attached hydrogen (secondary N) is 2. The topological polar surface area (TPSA) is 87.7 Å². The Kier molecular flexibility index (Phi) is 11.9. The number of rotatable bonds is 12. The van der Waals surface area contributed by atoms with Crippen LogP contribution in [-0.4, -0.2) is 62.0 Å². The van der Waals surface area contributed by atoms with Gasteiger partial charge in [0.25, 0.3) is 0 Å². The smallest absolute Gasteiger partial charge is 0.243 e. The van der Waals surface area contributed by atoms with E-state index in [9.17, 15) is 14.4 Å². The molecule has 0 saturated carbocycles.